The van der Waals surface area contributed by atoms with E-state index in [0.29, 0.717) is 17.0 Å². The highest BCUT2D eigenvalue weighted by Gasteiger charge is 2.18. The standard InChI is InChI=1S/C18H21N5O2S/c1-12(18(24)23-15-2-4-16(5-3-15)26(19)25)8-13-9-20-7-6-17(13)14-10-21-22-11-14/h2-7,9-10,12,21-22H,8,11,19H2,1H3,(H,23,24). The van der Waals surface area contributed by atoms with E-state index < -0.39 is 11.4 Å². The van der Waals surface area contributed by atoms with Crippen molar-refractivity contribution in [2.75, 3.05) is 11.9 Å². The van der Waals surface area contributed by atoms with Gasteiger partial charge < -0.3 is 15.3 Å². The number of hydrogen-bond donors (Lipinski definition) is 4. The molecule has 0 aliphatic carbocycles. The number of hydrogen-bond acceptors (Lipinski definition) is 6. The molecule has 0 saturated heterocycles. The highest BCUT2D eigenvalue weighted by Crippen LogP contribution is 2.22. The first-order valence-electron chi connectivity index (χ1n) is 8.22. The van der Waals surface area contributed by atoms with E-state index >= 15 is 0 Å². The van der Waals surface area contributed by atoms with Gasteiger partial charge in [0.2, 0.25) is 5.91 Å². The van der Waals surface area contributed by atoms with Crippen LogP contribution in [-0.4, -0.2) is 22.0 Å². The first kappa shape index (κ1) is 18.4. The molecule has 2 heterocycles. The second kappa shape index (κ2) is 8.33. The zero-order valence-corrected chi connectivity index (χ0v) is 15.2. The number of amides is 1. The van der Waals surface area contributed by atoms with Crippen LogP contribution in [0.25, 0.3) is 5.57 Å². The Morgan fingerprint density at radius 2 is 2.15 bits per heavy atom. The molecule has 1 aromatic heterocycles. The summed E-state index contributed by atoms with van der Waals surface area (Å²) in [5.41, 5.74) is 9.93. The fourth-order valence-corrected chi connectivity index (χ4v) is 3.18. The molecule has 8 heteroatoms. The van der Waals surface area contributed by atoms with Crippen molar-refractivity contribution < 1.29 is 9.35 Å². The second-order valence-electron chi connectivity index (χ2n) is 6.12. The van der Waals surface area contributed by atoms with Crippen molar-refractivity contribution >= 4 is 28.5 Å². The van der Waals surface area contributed by atoms with Gasteiger partial charge >= 0.3 is 0 Å². The third-order valence-corrected chi connectivity index (χ3v) is 4.94. The lowest BCUT2D eigenvalue weighted by molar-refractivity contribution is -0.119. The van der Waals surface area contributed by atoms with E-state index in [1.54, 1.807) is 30.5 Å². The summed E-state index contributed by atoms with van der Waals surface area (Å²) >= 11 is -1.52. The van der Waals surface area contributed by atoms with Crippen LogP contribution in [0.4, 0.5) is 5.69 Å². The third kappa shape index (κ3) is 4.41. The van der Waals surface area contributed by atoms with Crippen molar-refractivity contribution in [2.24, 2.45) is 11.1 Å². The summed E-state index contributed by atoms with van der Waals surface area (Å²) in [6, 6.07) is 8.64. The molecular formula is C18H21N5O2S. The van der Waals surface area contributed by atoms with Crippen LogP contribution in [-0.2, 0) is 22.6 Å². The van der Waals surface area contributed by atoms with E-state index in [1.807, 2.05) is 25.4 Å². The lowest BCUT2D eigenvalue weighted by Gasteiger charge is -2.15. The molecular weight excluding hydrogens is 350 g/mol. The van der Waals surface area contributed by atoms with Crippen LogP contribution in [0.15, 0.2) is 53.8 Å². The maximum atomic E-state index is 12.5. The van der Waals surface area contributed by atoms with Gasteiger partial charge in [0.1, 0.15) is 0 Å². The average Bonchev–Trinajstić information content (AvgIpc) is 3.17. The SMILES string of the molecule is CC(Cc1cnccc1C1=CNNC1)C(=O)Nc1ccc([S+](N)[O-])cc1. The molecule has 136 valence electrons. The minimum Gasteiger partial charge on any atom is -0.593 e. The molecule has 7 nitrogen and oxygen atoms in total. The van der Waals surface area contributed by atoms with E-state index in [9.17, 15) is 9.35 Å². The Morgan fingerprint density at radius 1 is 1.38 bits per heavy atom. The highest BCUT2D eigenvalue weighted by atomic mass is 32.2. The van der Waals surface area contributed by atoms with Crippen molar-refractivity contribution in [3.63, 3.8) is 0 Å². The summed E-state index contributed by atoms with van der Waals surface area (Å²) < 4.78 is 11.2. The predicted octanol–water partition coefficient (Wildman–Crippen LogP) is 1.33. The van der Waals surface area contributed by atoms with Crippen molar-refractivity contribution in [2.45, 2.75) is 18.2 Å². The number of anilines is 1. The number of nitrogens with one attached hydrogen (secondary N) is 3. The zero-order valence-electron chi connectivity index (χ0n) is 14.4. The Bertz CT molecular complexity index is 807. The van der Waals surface area contributed by atoms with Crippen molar-refractivity contribution in [1.29, 1.82) is 0 Å². The van der Waals surface area contributed by atoms with Crippen LogP contribution < -0.4 is 21.3 Å². The molecule has 2 atom stereocenters. The molecule has 1 aromatic carbocycles. The molecule has 1 aliphatic rings. The van der Waals surface area contributed by atoms with Gasteiger partial charge in [-0.3, -0.25) is 9.78 Å². The largest absolute Gasteiger partial charge is 0.593 e. The molecule has 1 aliphatic heterocycles. The van der Waals surface area contributed by atoms with Gasteiger partial charge in [0, 0.05) is 36.7 Å². The number of nitrogens with two attached hydrogens (primary N) is 1. The molecule has 5 N–H and O–H groups in total. The van der Waals surface area contributed by atoms with Gasteiger partial charge in [-0.25, -0.2) is 5.43 Å². The minimum absolute atomic E-state index is 0.0851. The lowest BCUT2D eigenvalue weighted by atomic mass is 9.94. The smallest absolute Gasteiger partial charge is 0.227 e. The maximum absolute atomic E-state index is 12.5. The fraction of sp³-hybridized carbons (Fsp3) is 0.222. The number of aromatic nitrogens is 1. The Hall–Kier alpha value is -2.39. The Labute approximate surface area is 155 Å². The first-order valence-corrected chi connectivity index (χ1v) is 9.43. The number of benzene rings is 1. The van der Waals surface area contributed by atoms with Crippen LogP contribution in [0.2, 0.25) is 0 Å². The van der Waals surface area contributed by atoms with Gasteiger partial charge in [-0.2, -0.15) is 0 Å². The molecule has 0 bridgehead atoms. The van der Waals surface area contributed by atoms with Crippen LogP contribution >= 0.6 is 0 Å². The summed E-state index contributed by atoms with van der Waals surface area (Å²) in [6.07, 6.45) is 6.07. The monoisotopic (exact) mass is 371 g/mol. The first-order chi connectivity index (χ1) is 12.5. The Balaban J connectivity index is 1.66. The normalized spacial score (nSPS) is 15.7. The van der Waals surface area contributed by atoms with E-state index in [0.717, 1.165) is 23.2 Å². The summed E-state index contributed by atoms with van der Waals surface area (Å²) in [5, 5.41) is 8.21. The van der Waals surface area contributed by atoms with Gasteiger partial charge in [0.05, 0.1) is 11.4 Å². The van der Waals surface area contributed by atoms with E-state index in [1.165, 1.54) is 0 Å². The van der Waals surface area contributed by atoms with Crippen molar-refractivity contribution in [3.8, 4) is 0 Å². The van der Waals surface area contributed by atoms with Crippen LogP contribution in [0.5, 0.6) is 0 Å². The topological polar surface area (TPSA) is 115 Å². The summed E-state index contributed by atoms with van der Waals surface area (Å²) in [5.74, 6) is -0.317. The average molecular weight is 371 g/mol. The van der Waals surface area contributed by atoms with Gasteiger partial charge in [0.15, 0.2) is 4.90 Å². The van der Waals surface area contributed by atoms with Crippen LogP contribution in [0.3, 0.4) is 0 Å². The molecule has 2 aromatic rings. The maximum Gasteiger partial charge on any atom is 0.227 e. The van der Waals surface area contributed by atoms with Gasteiger partial charge in [0.25, 0.3) is 0 Å². The molecule has 0 fully saturated rings. The number of pyridine rings is 1. The molecule has 26 heavy (non-hydrogen) atoms. The number of hydrazine groups is 1. The Kier molecular flexibility index (Phi) is 5.89. The van der Waals surface area contributed by atoms with Crippen LogP contribution in [0.1, 0.15) is 18.1 Å². The second-order valence-corrected chi connectivity index (χ2v) is 7.18. The number of rotatable bonds is 6. The predicted molar refractivity (Wildman–Crippen MR) is 102 cm³/mol. The number of nitrogens with zero attached hydrogens (tertiary/aromatic N) is 1. The quantitative estimate of drug-likeness (QED) is 0.570. The van der Waals surface area contributed by atoms with Crippen LogP contribution in [0, 0.1) is 5.92 Å². The molecule has 1 amide bonds. The Morgan fingerprint density at radius 3 is 2.81 bits per heavy atom. The molecule has 3 rings (SSSR count). The lowest BCUT2D eigenvalue weighted by Crippen LogP contribution is -2.23. The van der Waals surface area contributed by atoms with Gasteiger partial charge in [-0.15, -0.1) is 5.14 Å². The van der Waals surface area contributed by atoms with E-state index in [4.69, 9.17) is 5.14 Å². The van der Waals surface area contributed by atoms with E-state index in [-0.39, 0.29) is 11.8 Å². The summed E-state index contributed by atoms with van der Waals surface area (Å²) in [7, 11) is 0. The molecule has 2 unspecified atom stereocenters. The number of carbonyl (C=O) groups excluding carboxylic acids is 1. The van der Waals surface area contributed by atoms with Gasteiger partial charge in [-0.1, -0.05) is 6.92 Å². The third-order valence-electron chi connectivity index (χ3n) is 4.20. The zero-order chi connectivity index (χ0) is 18.5. The van der Waals surface area contributed by atoms with Crippen molar-refractivity contribution in [1.82, 2.24) is 15.8 Å². The summed E-state index contributed by atoms with van der Waals surface area (Å²) in [4.78, 5) is 17.2. The minimum atomic E-state index is -1.52. The summed E-state index contributed by atoms with van der Waals surface area (Å²) in [6.45, 7) is 2.61. The fourth-order valence-electron chi connectivity index (χ4n) is 2.77. The molecule has 0 saturated carbocycles. The number of carbonyl (C=O) groups is 1. The van der Waals surface area contributed by atoms with E-state index in [2.05, 4.69) is 21.2 Å². The molecule has 0 radical (unpaired) electrons. The van der Waals surface area contributed by atoms with Gasteiger partial charge in [-0.05, 0) is 53.5 Å². The molecule has 0 spiro atoms. The van der Waals surface area contributed by atoms with Crippen molar-refractivity contribution in [3.05, 3.63) is 60.1 Å². The highest BCUT2D eigenvalue weighted by molar-refractivity contribution is 7.89.